The summed E-state index contributed by atoms with van der Waals surface area (Å²) in [5.41, 5.74) is 9.82. The summed E-state index contributed by atoms with van der Waals surface area (Å²) in [6.07, 6.45) is 3.13. The molecule has 3 rings (SSSR count). The molecule has 0 aliphatic rings. The molecule has 0 unspecified atom stereocenters. The van der Waals surface area contributed by atoms with Gasteiger partial charge in [-0.3, -0.25) is 4.98 Å². The summed E-state index contributed by atoms with van der Waals surface area (Å²) in [5.74, 6) is 0.474. The number of aromatic hydroxyl groups is 1. The first-order chi connectivity index (χ1) is 11.1. The quantitative estimate of drug-likeness (QED) is 0.724. The van der Waals surface area contributed by atoms with E-state index in [0.29, 0.717) is 18.2 Å². The van der Waals surface area contributed by atoms with Gasteiger partial charge in [-0.15, -0.1) is 0 Å². The third kappa shape index (κ3) is 2.85. The van der Waals surface area contributed by atoms with Crippen LogP contribution in [0.15, 0.2) is 36.4 Å². The lowest BCUT2D eigenvalue weighted by atomic mass is 10.2. The predicted molar refractivity (Wildman–Crippen MR) is 88.5 cm³/mol. The van der Waals surface area contributed by atoms with E-state index in [0.717, 1.165) is 22.3 Å². The Bertz CT molecular complexity index is 950. The van der Waals surface area contributed by atoms with Gasteiger partial charge in [-0.25, -0.2) is 4.98 Å². The maximum Gasteiger partial charge on any atom is 0.201 e. The van der Waals surface area contributed by atoms with Crippen molar-refractivity contribution >= 4 is 23.1 Å². The van der Waals surface area contributed by atoms with Crippen LogP contribution in [-0.4, -0.2) is 19.6 Å². The van der Waals surface area contributed by atoms with Gasteiger partial charge in [0.05, 0.1) is 23.6 Å². The molecule has 0 aliphatic heterocycles. The average Bonchev–Trinajstić information content (AvgIpc) is 2.84. The van der Waals surface area contributed by atoms with Gasteiger partial charge >= 0.3 is 0 Å². The van der Waals surface area contributed by atoms with Crippen LogP contribution in [0.25, 0.3) is 17.1 Å². The molecular weight excluding hydrogens is 290 g/mol. The van der Waals surface area contributed by atoms with Crippen LogP contribution in [0.3, 0.4) is 0 Å². The highest BCUT2D eigenvalue weighted by atomic mass is 16.3. The summed E-state index contributed by atoms with van der Waals surface area (Å²) >= 11 is 0. The third-order valence-electron chi connectivity index (χ3n) is 3.55. The first-order valence-corrected chi connectivity index (χ1v) is 7.06. The summed E-state index contributed by atoms with van der Waals surface area (Å²) in [4.78, 5) is 8.68. The average molecular weight is 305 g/mol. The molecule has 2 heterocycles. The van der Waals surface area contributed by atoms with Gasteiger partial charge in [0, 0.05) is 11.8 Å². The van der Waals surface area contributed by atoms with Gasteiger partial charge in [-0.1, -0.05) is 6.07 Å². The molecule has 2 aromatic heterocycles. The number of allylic oxidation sites excluding steroid dienone is 1. The number of pyridine rings is 1. The number of benzene rings is 1. The lowest BCUT2D eigenvalue weighted by molar-refractivity contribution is 0.461. The van der Waals surface area contributed by atoms with Crippen molar-refractivity contribution in [1.82, 2.24) is 14.5 Å². The van der Waals surface area contributed by atoms with E-state index in [9.17, 15) is 5.11 Å². The van der Waals surface area contributed by atoms with Crippen molar-refractivity contribution in [2.24, 2.45) is 0 Å². The first kappa shape index (κ1) is 14.6. The molecule has 0 aliphatic carbocycles. The zero-order valence-corrected chi connectivity index (χ0v) is 12.6. The molecule has 114 valence electrons. The van der Waals surface area contributed by atoms with Crippen LogP contribution in [0.2, 0.25) is 0 Å². The van der Waals surface area contributed by atoms with Crippen LogP contribution in [0.4, 0.5) is 5.95 Å². The molecule has 0 amide bonds. The Morgan fingerprint density at radius 1 is 1.30 bits per heavy atom. The number of rotatable bonds is 3. The summed E-state index contributed by atoms with van der Waals surface area (Å²) < 4.78 is 1.79. The van der Waals surface area contributed by atoms with Crippen LogP contribution in [0.5, 0.6) is 5.75 Å². The smallest absolute Gasteiger partial charge is 0.201 e. The van der Waals surface area contributed by atoms with Gasteiger partial charge in [0.2, 0.25) is 5.95 Å². The maximum absolute atomic E-state index is 9.98. The third-order valence-corrected chi connectivity index (χ3v) is 3.55. The molecular formula is C17H15N5O. The van der Waals surface area contributed by atoms with E-state index in [1.54, 1.807) is 22.8 Å². The second-order valence-electron chi connectivity index (χ2n) is 5.19. The molecule has 0 spiro atoms. The minimum atomic E-state index is 0.123. The zero-order chi connectivity index (χ0) is 16.4. The second kappa shape index (κ2) is 5.81. The van der Waals surface area contributed by atoms with E-state index >= 15 is 0 Å². The lowest BCUT2D eigenvalue weighted by Crippen LogP contribution is -2.06. The lowest BCUT2D eigenvalue weighted by Gasteiger charge is -2.09. The van der Waals surface area contributed by atoms with Gasteiger partial charge in [0.15, 0.2) is 0 Å². The van der Waals surface area contributed by atoms with Crippen molar-refractivity contribution < 1.29 is 5.11 Å². The van der Waals surface area contributed by atoms with Gasteiger partial charge in [0.1, 0.15) is 11.4 Å². The highest BCUT2D eigenvalue weighted by molar-refractivity contribution is 5.81. The zero-order valence-electron chi connectivity index (χ0n) is 12.6. The van der Waals surface area contributed by atoms with Crippen LogP contribution in [0.1, 0.15) is 17.0 Å². The summed E-state index contributed by atoms with van der Waals surface area (Å²) in [7, 11) is 0. The Morgan fingerprint density at radius 2 is 2.13 bits per heavy atom. The largest absolute Gasteiger partial charge is 0.506 e. The van der Waals surface area contributed by atoms with E-state index in [1.165, 1.54) is 6.08 Å². The van der Waals surface area contributed by atoms with E-state index in [-0.39, 0.29) is 5.75 Å². The molecule has 3 aromatic rings. The molecule has 0 fully saturated rings. The minimum absolute atomic E-state index is 0.123. The van der Waals surface area contributed by atoms with Crippen molar-refractivity contribution in [2.45, 2.75) is 13.5 Å². The Kier molecular flexibility index (Phi) is 3.69. The SMILES string of the molecule is Cc1ccc(O)c(Cn2c(N)nc3ccc(/C=C/C#N)cc32)n1. The molecule has 0 bridgehead atoms. The Labute approximate surface area is 133 Å². The number of hydrogen-bond donors (Lipinski definition) is 2. The van der Waals surface area contributed by atoms with Gasteiger partial charge in [-0.05, 0) is 42.8 Å². The Balaban J connectivity index is 2.09. The number of anilines is 1. The number of nitriles is 1. The number of nitrogen functional groups attached to an aromatic ring is 1. The fourth-order valence-corrected chi connectivity index (χ4v) is 2.43. The minimum Gasteiger partial charge on any atom is -0.506 e. The van der Waals surface area contributed by atoms with Crippen molar-refractivity contribution in [1.29, 1.82) is 5.26 Å². The molecule has 6 heteroatoms. The molecule has 23 heavy (non-hydrogen) atoms. The van der Waals surface area contributed by atoms with Gasteiger partial charge < -0.3 is 15.4 Å². The van der Waals surface area contributed by atoms with Crippen molar-refractivity contribution in [3.05, 3.63) is 53.4 Å². The number of nitrogens with two attached hydrogens (primary N) is 1. The molecule has 0 atom stereocenters. The highest BCUT2D eigenvalue weighted by Crippen LogP contribution is 2.24. The summed E-state index contributed by atoms with van der Waals surface area (Å²) in [5, 5.41) is 18.6. The molecule has 0 saturated heterocycles. The Morgan fingerprint density at radius 3 is 2.91 bits per heavy atom. The number of fused-ring (bicyclic) bond motifs is 1. The van der Waals surface area contributed by atoms with Crippen LogP contribution in [-0.2, 0) is 6.54 Å². The summed E-state index contributed by atoms with van der Waals surface area (Å²) in [6, 6.07) is 11.0. The molecule has 0 radical (unpaired) electrons. The Hall–Kier alpha value is -3.33. The van der Waals surface area contributed by atoms with Gasteiger partial charge in [0.25, 0.3) is 0 Å². The molecule has 3 N–H and O–H groups in total. The van der Waals surface area contributed by atoms with Crippen LogP contribution >= 0.6 is 0 Å². The van der Waals surface area contributed by atoms with E-state index in [4.69, 9.17) is 11.0 Å². The maximum atomic E-state index is 9.98. The van der Waals surface area contributed by atoms with Crippen LogP contribution < -0.4 is 5.73 Å². The van der Waals surface area contributed by atoms with E-state index in [1.807, 2.05) is 31.2 Å². The fourth-order valence-electron chi connectivity index (χ4n) is 2.43. The van der Waals surface area contributed by atoms with Crippen molar-refractivity contribution in [2.75, 3.05) is 5.73 Å². The number of nitrogens with zero attached hydrogens (tertiary/aromatic N) is 4. The first-order valence-electron chi connectivity index (χ1n) is 7.06. The number of hydrogen-bond acceptors (Lipinski definition) is 5. The van der Waals surface area contributed by atoms with Crippen LogP contribution in [0, 0.1) is 18.3 Å². The van der Waals surface area contributed by atoms with Gasteiger partial charge in [-0.2, -0.15) is 5.26 Å². The fraction of sp³-hybridized carbons (Fsp3) is 0.118. The number of imidazole rings is 1. The number of aromatic nitrogens is 3. The normalized spacial score (nSPS) is 11.1. The highest BCUT2D eigenvalue weighted by Gasteiger charge is 2.12. The summed E-state index contributed by atoms with van der Waals surface area (Å²) in [6.45, 7) is 2.18. The molecule has 1 aromatic carbocycles. The van der Waals surface area contributed by atoms with Crippen molar-refractivity contribution in [3.63, 3.8) is 0 Å². The van der Waals surface area contributed by atoms with Crippen molar-refractivity contribution in [3.8, 4) is 11.8 Å². The monoisotopic (exact) mass is 305 g/mol. The molecule has 0 saturated carbocycles. The number of aryl methyl sites for hydroxylation is 1. The standard InChI is InChI=1S/C17H15N5O/c1-11-4-7-16(23)14(20-11)10-22-15-9-12(3-2-8-18)5-6-13(15)21-17(22)19/h2-7,9,23H,10H2,1H3,(H2,19,21)/b3-2+. The predicted octanol–water partition coefficient (Wildman–Crippen LogP) is 2.61. The van der Waals surface area contributed by atoms with E-state index in [2.05, 4.69) is 9.97 Å². The topological polar surface area (TPSA) is 101 Å². The van der Waals surface area contributed by atoms with E-state index < -0.39 is 0 Å². The molecule has 6 nitrogen and oxygen atoms in total. The second-order valence-corrected chi connectivity index (χ2v) is 5.19.